The third kappa shape index (κ3) is 7.64. The van der Waals surface area contributed by atoms with E-state index in [1.165, 1.54) is 50.0 Å². The number of allylic oxidation sites excluding steroid dienone is 1. The fourth-order valence-electron chi connectivity index (χ4n) is 5.80. The van der Waals surface area contributed by atoms with Gasteiger partial charge in [0.15, 0.2) is 12.1 Å². The van der Waals surface area contributed by atoms with Gasteiger partial charge in [-0.15, -0.1) is 23.5 Å². The maximum Gasteiger partial charge on any atom is 0.171 e. The molecule has 4 rings (SSSR count). The van der Waals surface area contributed by atoms with Crippen LogP contribution in [0.3, 0.4) is 0 Å². The molecule has 3 aliphatic heterocycles. The number of hydrogen-bond acceptors (Lipinski definition) is 6. The Morgan fingerprint density at radius 2 is 1.82 bits per heavy atom. The van der Waals surface area contributed by atoms with Crippen LogP contribution in [0.2, 0.25) is 0 Å². The van der Waals surface area contributed by atoms with Gasteiger partial charge in [-0.3, -0.25) is 0 Å². The van der Waals surface area contributed by atoms with Gasteiger partial charge >= 0.3 is 0 Å². The number of rotatable bonds is 11. The van der Waals surface area contributed by atoms with E-state index in [9.17, 15) is 0 Å². The van der Waals surface area contributed by atoms with Crippen LogP contribution in [0.15, 0.2) is 12.2 Å². The first kappa shape index (κ1) is 27.3. The first-order valence-corrected chi connectivity index (χ1v) is 16.1. The average molecular weight is 513 g/mol. The van der Waals surface area contributed by atoms with E-state index in [0.717, 1.165) is 56.5 Å². The molecule has 4 aliphatic rings. The van der Waals surface area contributed by atoms with Crippen molar-refractivity contribution in [2.24, 2.45) is 17.3 Å². The topological polar surface area (TPSA) is 36.9 Å². The molecule has 1 spiro atoms. The number of unbranched alkanes of at least 4 members (excludes halogenated alkanes) is 2. The van der Waals surface area contributed by atoms with Crippen LogP contribution in [-0.4, -0.2) is 54.1 Å². The third-order valence-corrected chi connectivity index (χ3v) is 11.0. The van der Waals surface area contributed by atoms with Crippen molar-refractivity contribution >= 4 is 23.5 Å². The Hall–Kier alpha value is 0.280. The van der Waals surface area contributed by atoms with E-state index in [-0.39, 0.29) is 23.6 Å². The molecule has 34 heavy (non-hydrogen) atoms. The standard InChI is InChI=1S/C28H48O4S2/c1-4-5-6-9-23(32-25-10-7-8-17-29-25)12-11-22-15-16-28(30-20-27(2,3)21-31-28)24(22)13-14-26-33-18-19-34-26/h11-12,22-26H,4-10,13-21H2,1-3H3/b12-11+. The van der Waals surface area contributed by atoms with Crippen LogP contribution >= 0.6 is 23.5 Å². The fraction of sp³-hybridized carbons (Fsp3) is 0.929. The highest BCUT2D eigenvalue weighted by atomic mass is 32.2. The summed E-state index contributed by atoms with van der Waals surface area (Å²) in [5, 5.41) is 0. The molecule has 0 bridgehead atoms. The van der Waals surface area contributed by atoms with Crippen LogP contribution in [0, 0.1) is 17.3 Å². The highest BCUT2D eigenvalue weighted by Crippen LogP contribution is 2.51. The lowest BCUT2D eigenvalue weighted by atomic mass is 9.86. The minimum Gasteiger partial charge on any atom is -0.353 e. The Balaban J connectivity index is 1.42. The van der Waals surface area contributed by atoms with E-state index in [2.05, 4.69) is 56.4 Å². The predicted molar refractivity (Wildman–Crippen MR) is 144 cm³/mol. The lowest BCUT2D eigenvalue weighted by Crippen LogP contribution is -2.50. The van der Waals surface area contributed by atoms with Gasteiger partial charge in [-0.2, -0.15) is 0 Å². The van der Waals surface area contributed by atoms with Gasteiger partial charge in [-0.1, -0.05) is 52.2 Å². The zero-order valence-electron chi connectivity index (χ0n) is 21.8. The number of ether oxygens (including phenoxy) is 4. The molecule has 6 heteroatoms. The predicted octanol–water partition coefficient (Wildman–Crippen LogP) is 7.42. The molecule has 196 valence electrons. The fourth-order valence-corrected chi connectivity index (χ4v) is 8.66. The molecule has 3 heterocycles. The second-order valence-electron chi connectivity index (χ2n) is 11.5. The number of thioether (sulfide) groups is 2. The van der Waals surface area contributed by atoms with Gasteiger partial charge in [-0.25, -0.2) is 0 Å². The van der Waals surface area contributed by atoms with Gasteiger partial charge in [0.05, 0.1) is 23.9 Å². The van der Waals surface area contributed by atoms with Crippen LogP contribution in [0.5, 0.6) is 0 Å². The highest BCUT2D eigenvalue weighted by Gasteiger charge is 2.52. The van der Waals surface area contributed by atoms with Crippen molar-refractivity contribution in [3.8, 4) is 0 Å². The minimum atomic E-state index is -0.385. The molecule has 1 aliphatic carbocycles. The second kappa shape index (κ2) is 13.2. The van der Waals surface area contributed by atoms with Crippen molar-refractivity contribution < 1.29 is 18.9 Å². The quantitative estimate of drug-likeness (QED) is 0.212. The zero-order chi connectivity index (χ0) is 23.9. The Morgan fingerprint density at radius 1 is 1.03 bits per heavy atom. The first-order valence-electron chi connectivity index (χ1n) is 14.0. The Bertz CT molecular complexity index is 618. The minimum absolute atomic E-state index is 0.0283. The van der Waals surface area contributed by atoms with Crippen molar-refractivity contribution in [3.05, 3.63) is 12.2 Å². The molecule has 1 saturated carbocycles. The summed E-state index contributed by atoms with van der Waals surface area (Å²) in [4.78, 5) is 0. The van der Waals surface area contributed by atoms with Crippen LogP contribution in [0.4, 0.5) is 0 Å². The Kier molecular flexibility index (Phi) is 10.6. The molecule has 4 unspecified atom stereocenters. The van der Waals surface area contributed by atoms with Gasteiger partial charge in [-0.05, 0) is 50.9 Å². The molecule has 4 atom stereocenters. The van der Waals surface area contributed by atoms with E-state index >= 15 is 0 Å². The SMILES string of the molecule is CCCCCC(/C=C/C1CCC2(OCC(C)(C)CO2)C1CCC1SCCS1)OC1CCCCO1. The zero-order valence-corrected chi connectivity index (χ0v) is 23.4. The smallest absolute Gasteiger partial charge is 0.171 e. The van der Waals surface area contributed by atoms with Crippen molar-refractivity contribution in [1.29, 1.82) is 0 Å². The summed E-state index contributed by atoms with van der Waals surface area (Å²) in [5.74, 6) is 3.15. The van der Waals surface area contributed by atoms with Crippen LogP contribution in [0.25, 0.3) is 0 Å². The molecule has 0 amide bonds. The van der Waals surface area contributed by atoms with Crippen molar-refractivity contribution in [2.75, 3.05) is 31.3 Å². The maximum absolute atomic E-state index is 6.59. The maximum atomic E-state index is 6.59. The molecule has 3 saturated heterocycles. The van der Waals surface area contributed by atoms with E-state index in [1.807, 2.05) is 0 Å². The molecule has 0 aromatic heterocycles. The first-order chi connectivity index (χ1) is 16.5. The van der Waals surface area contributed by atoms with Gasteiger partial charge < -0.3 is 18.9 Å². The van der Waals surface area contributed by atoms with E-state index in [4.69, 9.17) is 18.9 Å². The summed E-state index contributed by atoms with van der Waals surface area (Å²) in [6.45, 7) is 9.21. The summed E-state index contributed by atoms with van der Waals surface area (Å²) >= 11 is 4.28. The molecule has 0 aromatic carbocycles. The van der Waals surface area contributed by atoms with Crippen LogP contribution < -0.4 is 0 Å². The Labute approximate surface area is 217 Å². The largest absolute Gasteiger partial charge is 0.353 e. The molecular weight excluding hydrogens is 464 g/mol. The molecule has 0 N–H and O–H groups in total. The summed E-state index contributed by atoms with van der Waals surface area (Å²) in [7, 11) is 0. The molecular formula is C28H48O4S2. The summed E-state index contributed by atoms with van der Waals surface area (Å²) < 4.78 is 26.3. The van der Waals surface area contributed by atoms with Gasteiger partial charge in [0.1, 0.15) is 0 Å². The highest BCUT2D eigenvalue weighted by molar-refractivity contribution is 8.20. The monoisotopic (exact) mass is 512 g/mol. The van der Waals surface area contributed by atoms with Crippen molar-refractivity contribution in [1.82, 2.24) is 0 Å². The van der Waals surface area contributed by atoms with E-state index in [0.29, 0.717) is 11.8 Å². The average Bonchev–Trinajstić information content (AvgIpc) is 3.47. The Morgan fingerprint density at radius 3 is 2.53 bits per heavy atom. The normalized spacial score (nSPS) is 32.6. The second-order valence-corrected chi connectivity index (χ2v) is 14.4. The van der Waals surface area contributed by atoms with E-state index in [1.54, 1.807) is 0 Å². The third-order valence-electron chi connectivity index (χ3n) is 7.86. The van der Waals surface area contributed by atoms with Gasteiger partial charge in [0.2, 0.25) is 0 Å². The molecule has 4 fully saturated rings. The summed E-state index contributed by atoms with van der Waals surface area (Å²) in [5.41, 5.74) is 0.110. The lowest BCUT2D eigenvalue weighted by Gasteiger charge is -2.45. The molecule has 0 aromatic rings. The summed E-state index contributed by atoms with van der Waals surface area (Å²) in [6.07, 6.45) is 17.8. The van der Waals surface area contributed by atoms with Crippen LogP contribution in [0.1, 0.15) is 91.4 Å². The van der Waals surface area contributed by atoms with Gasteiger partial charge in [0, 0.05) is 35.9 Å². The van der Waals surface area contributed by atoms with Gasteiger partial charge in [0.25, 0.3) is 0 Å². The summed E-state index contributed by atoms with van der Waals surface area (Å²) in [6, 6.07) is 0. The molecule has 0 radical (unpaired) electrons. The number of hydrogen-bond donors (Lipinski definition) is 0. The van der Waals surface area contributed by atoms with Crippen LogP contribution in [-0.2, 0) is 18.9 Å². The van der Waals surface area contributed by atoms with Crippen molar-refractivity contribution in [2.45, 2.75) is 114 Å². The van der Waals surface area contributed by atoms with E-state index < -0.39 is 0 Å². The lowest BCUT2D eigenvalue weighted by molar-refractivity contribution is -0.316. The molecule has 4 nitrogen and oxygen atoms in total. The van der Waals surface area contributed by atoms with Crippen molar-refractivity contribution in [3.63, 3.8) is 0 Å².